The average Bonchev–Trinajstić information content (AvgIpc) is 3.16. The molecule has 6 heteroatoms. The highest BCUT2D eigenvalue weighted by Gasteiger charge is 2.03. The summed E-state index contributed by atoms with van der Waals surface area (Å²) in [5, 5.41) is 5.84. The normalized spacial score (nSPS) is 10.8. The summed E-state index contributed by atoms with van der Waals surface area (Å²) in [5.74, 6) is 0.533. The fourth-order valence-corrected chi connectivity index (χ4v) is 2.94. The van der Waals surface area contributed by atoms with E-state index in [4.69, 9.17) is 4.74 Å². The Morgan fingerprint density at radius 1 is 1.16 bits per heavy atom. The molecule has 0 saturated heterocycles. The summed E-state index contributed by atoms with van der Waals surface area (Å²) in [6.07, 6.45) is 1.60. The van der Waals surface area contributed by atoms with E-state index in [1.165, 1.54) is 11.3 Å². The summed E-state index contributed by atoms with van der Waals surface area (Å²) in [5.41, 5.74) is 4.45. The van der Waals surface area contributed by atoms with Crippen molar-refractivity contribution in [3.05, 3.63) is 86.5 Å². The molecule has 4 nitrogen and oxygen atoms in total. The zero-order valence-corrected chi connectivity index (χ0v) is 15.6. The third-order valence-corrected chi connectivity index (χ3v) is 4.70. The van der Waals surface area contributed by atoms with Crippen molar-refractivity contribution in [2.24, 2.45) is 5.10 Å². The van der Waals surface area contributed by atoms with Crippen molar-refractivity contribution in [3.8, 4) is 5.75 Å². The highest BCUT2D eigenvalue weighted by atomic mass is 79.9. The molecule has 0 fully saturated rings. The molecule has 0 saturated carbocycles. The minimum absolute atomic E-state index is 0.214. The summed E-state index contributed by atoms with van der Waals surface area (Å²) in [4.78, 5) is 12.4. The number of hydrogen-bond acceptors (Lipinski definition) is 4. The second-order valence-corrected chi connectivity index (χ2v) is 7.03. The molecule has 1 heterocycles. The minimum atomic E-state index is -0.214. The maximum atomic E-state index is 11.8. The molecule has 0 atom stereocenters. The highest BCUT2D eigenvalue weighted by Crippen LogP contribution is 2.16. The number of halogens is 1. The number of benzene rings is 2. The Morgan fingerprint density at radius 3 is 2.76 bits per heavy atom. The van der Waals surface area contributed by atoms with Gasteiger partial charge < -0.3 is 4.74 Å². The van der Waals surface area contributed by atoms with E-state index in [0.717, 1.165) is 21.3 Å². The lowest BCUT2D eigenvalue weighted by Crippen LogP contribution is -2.16. The third kappa shape index (κ3) is 5.27. The summed E-state index contributed by atoms with van der Waals surface area (Å²) >= 11 is 4.79. The third-order valence-electron chi connectivity index (χ3n) is 3.30. The van der Waals surface area contributed by atoms with Gasteiger partial charge in [0.2, 0.25) is 0 Å². The van der Waals surface area contributed by atoms with Crippen molar-refractivity contribution in [2.45, 2.75) is 6.61 Å². The number of thiophene rings is 1. The first-order chi connectivity index (χ1) is 12.2. The van der Waals surface area contributed by atoms with E-state index in [-0.39, 0.29) is 5.91 Å². The first-order valence-electron chi connectivity index (χ1n) is 7.55. The SMILES string of the molecule is O=C(N/N=C\c1cccc(OCc2ccc(Br)cc2)c1)c1cccs1. The number of hydrogen-bond donors (Lipinski definition) is 1. The Balaban J connectivity index is 1.56. The lowest BCUT2D eigenvalue weighted by Gasteiger charge is -2.07. The van der Waals surface area contributed by atoms with E-state index in [1.54, 1.807) is 12.3 Å². The Labute approximate surface area is 158 Å². The van der Waals surface area contributed by atoms with E-state index in [2.05, 4.69) is 26.5 Å². The van der Waals surface area contributed by atoms with E-state index < -0.39 is 0 Å². The molecule has 1 N–H and O–H groups in total. The second-order valence-electron chi connectivity index (χ2n) is 5.16. The lowest BCUT2D eigenvalue weighted by molar-refractivity contribution is 0.0959. The van der Waals surface area contributed by atoms with Gasteiger partial charge in [-0.05, 0) is 46.8 Å². The lowest BCUT2D eigenvalue weighted by atomic mass is 10.2. The molecular formula is C19H15BrN2O2S. The molecule has 0 unspecified atom stereocenters. The van der Waals surface area contributed by atoms with Crippen LogP contribution in [0.3, 0.4) is 0 Å². The van der Waals surface area contributed by atoms with Crippen molar-refractivity contribution < 1.29 is 9.53 Å². The zero-order valence-electron chi connectivity index (χ0n) is 13.2. The molecule has 0 aliphatic rings. The van der Waals surface area contributed by atoms with Crippen molar-refractivity contribution >= 4 is 39.4 Å². The first kappa shape index (κ1) is 17.4. The van der Waals surface area contributed by atoms with Crippen LogP contribution in [-0.4, -0.2) is 12.1 Å². The molecule has 3 aromatic rings. The maximum absolute atomic E-state index is 11.8. The minimum Gasteiger partial charge on any atom is -0.489 e. The zero-order chi connectivity index (χ0) is 17.5. The van der Waals surface area contributed by atoms with Crippen molar-refractivity contribution in [1.29, 1.82) is 0 Å². The quantitative estimate of drug-likeness (QED) is 0.462. The molecule has 1 amide bonds. The average molecular weight is 415 g/mol. The monoisotopic (exact) mass is 414 g/mol. The first-order valence-corrected chi connectivity index (χ1v) is 9.22. The van der Waals surface area contributed by atoms with Crippen LogP contribution in [0, 0.1) is 0 Å². The van der Waals surface area contributed by atoms with Crippen molar-refractivity contribution in [2.75, 3.05) is 0 Å². The van der Waals surface area contributed by atoms with Gasteiger partial charge in [-0.15, -0.1) is 11.3 Å². The Bertz CT molecular complexity index is 861. The molecule has 0 radical (unpaired) electrons. The Hall–Kier alpha value is -2.44. The maximum Gasteiger partial charge on any atom is 0.281 e. The van der Waals surface area contributed by atoms with Gasteiger partial charge in [-0.25, -0.2) is 5.43 Å². The number of amides is 1. The summed E-state index contributed by atoms with van der Waals surface area (Å²) in [6, 6.07) is 19.1. The smallest absolute Gasteiger partial charge is 0.281 e. The van der Waals surface area contributed by atoms with Crippen LogP contribution in [-0.2, 0) is 6.61 Å². The van der Waals surface area contributed by atoms with Crippen molar-refractivity contribution in [3.63, 3.8) is 0 Å². The number of carbonyl (C=O) groups is 1. The molecule has 25 heavy (non-hydrogen) atoms. The molecular weight excluding hydrogens is 400 g/mol. The predicted octanol–water partition coefficient (Wildman–Crippen LogP) is 4.85. The molecule has 0 aliphatic carbocycles. The number of ether oxygens (including phenoxy) is 1. The van der Waals surface area contributed by atoms with E-state index >= 15 is 0 Å². The molecule has 1 aromatic heterocycles. The summed E-state index contributed by atoms with van der Waals surface area (Å²) in [7, 11) is 0. The van der Waals surface area contributed by atoms with Gasteiger partial charge in [0.25, 0.3) is 5.91 Å². The van der Waals surface area contributed by atoms with E-state index in [0.29, 0.717) is 11.5 Å². The van der Waals surface area contributed by atoms with Gasteiger partial charge in [-0.1, -0.05) is 46.3 Å². The Kier molecular flexibility index (Phi) is 5.98. The topological polar surface area (TPSA) is 50.7 Å². The van der Waals surface area contributed by atoms with Gasteiger partial charge in [0.15, 0.2) is 0 Å². The fourth-order valence-electron chi connectivity index (χ4n) is 2.06. The summed E-state index contributed by atoms with van der Waals surface area (Å²) in [6.45, 7) is 0.489. The highest BCUT2D eigenvalue weighted by molar-refractivity contribution is 9.10. The van der Waals surface area contributed by atoms with E-state index in [1.807, 2.05) is 60.0 Å². The number of nitrogens with one attached hydrogen (secondary N) is 1. The molecule has 3 rings (SSSR count). The van der Waals surface area contributed by atoms with E-state index in [9.17, 15) is 4.79 Å². The molecule has 0 spiro atoms. The van der Waals surface area contributed by atoms with Gasteiger partial charge in [0.1, 0.15) is 12.4 Å². The van der Waals surface area contributed by atoms with Crippen LogP contribution in [0.4, 0.5) is 0 Å². The van der Waals surface area contributed by atoms with Gasteiger partial charge in [0.05, 0.1) is 11.1 Å². The van der Waals surface area contributed by atoms with Gasteiger partial charge in [-0.2, -0.15) is 5.10 Å². The van der Waals surface area contributed by atoms with Crippen LogP contribution >= 0.6 is 27.3 Å². The van der Waals surface area contributed by atoms with Crippen LogP contribution in [0.1, 0.15) is 20.8 Å². The molecule has 0 aliphatic heterocycles. The van der Waals surface area contributed by atoms with Gasteiger partial charge in [0, 0.05) is 4.47 Å². The number of carbonyl (C=O) groups excluding carboxylic acids is 1. The Morgan fingerprint density at radius 2 is 2.00 bits per heavy atom. The molecule has 126 valence electrons. The van der Waals surface area contributed by atoms with Crippen LogP contribution in [0.25, 0.3) is 0 Å². The number of rotatable bonds is 6. The van der Waals surface area contributed by atoms with Gasteiger partial charge in [-0.3, -0.25) is 4.79 Å². The second kappa shape index (κ2) is 8.60. The molecule has 0 bridgehead atoms. The van der Waals surface area contributed by atoms with Crippen molar-refractivity contribution in [1.82, 2.24) is 5.43 Å². The van der Waals surface area contributed by atoms with Crippen LogP contribution in [0.2, 0.25) is 0 Å². The number of nitrogens with zero attached hydrogens (tertiary/aromatic N) is 1. The van der Waals surface area contributed by atoms with Crippen LogP contribution in [0.5, 0.6) is 5.75 Å². The molecule has 2 aromatic carbocycles. The van der Waals surface area contributed by atoms with Crippen LogP contribution < -0.4 is 10.2 Å². The van der Waals surface area contributed by atoms with Gasteiger partial charge >= 0.3 is 0 Å². The largest absolute Gasteiger partial charge is 0.489 e. The number of hydrazone groups is 1. The fraction of sp³-hybridized carbons (Fsp3) is 0.0526. The summed E-state index contributed by atoms with van der Waals surface area (Å²) < 4.78 is 6.84. The predicted molar refractivity (Wildman–Crippen MR) is 104 cm³/mol. The standard InChI is InChI=1S/C19H15BrN2O2S/c20-16-8-6-14(7-9-16)13-24-17-4-1-3-15(11-17)12-21-22-19(23)18-5-2-10-25-18/h1-12H,13H2,(H,22,23)/b21-12-. The van der Waals surface area contributed by atoms with Crippen LogP contribution in [0.15, 0.2) is 75.6 Å².